The maximum Gasteiger partial charge on any atom is 0.0468 e. The van der Waals surface area contributed by atoms with Crippen LogP contribution in [0.25, 0.3) is 65.7 Å². The van der Waals surface area contributed by atoms with Gasteiger partial charge in [0.25, 0.3) is 0 Å². The van der Waals surface area contributed by atoms with Gasteiger partial charge < -0.3 is 9.80 Å². The Balaban J connectivity index is 0.980. The van der Waals surface area contributed by atoms with Crippen molar-refractivity contribution in [2.45, 2.75) is 0 Å². The smallest absolute Gasteiger partial charge is 0.0468 e. The van der Waals surface area contributed by atoms with Crippen LogP contribution in [0.2, 0.25) is 0 Å². The summed E-state index contributed by atoms with van der Waals surface area (Å²) in [5.74, 6) is 0. The predicted molar refractivity (Wildman–Crippen MR) is 265 cm³/mol. The average molecular weight is 791 g/mol. The molecule has 0 N–H and O–H groups in total. The first kappa shape index (κ1) is 36.8. The van der Waals surface area contributed by atoms with Crippen LogP contribution in [0.1, 0.15) is 0 Å². The molecule has 11 aromatic carbocycles. The lowest BCUT2D eigenvalue weighted by Gasteiger charge is -2.29. The van der Waals surface area contributed by atoms with E-state index in [1.807, 2.05) is 0 Å². The summed E-state index contributed by atoms with van der Waals surface area (Å²) in [6.45, 7) is 0. The summed E-state index contributed by atoms with van der Waals surface area (Å²) in [7, 11) is 0. The van der Waals surface area contributed by atoms with Gasteiger partial charge in [0.15, 0.2) is 0 Å². The van der Waals surface area contributed by atoms with Crippen molar-refractivity contribution in [2.75, 3.05) is 9.80 Å². The van der Waals surface area contributed by atoms with Gasteiger partial charge in [0.05, 0.1) is 0 Å². The number of hydrogen-bond donors (Lipinski definition) is 0. The SMILES string of the molecule is c1ccc(-c2cccc(N(c3ccccc3)c3ccc(N(c4ccc(-c5ccc(-c6ccc7ccccc7c6)c6ccccc56)cc4)c4ccc5ccccc5c4)cc3)c2)cc1. The number of benzene rings is 11. The first-order chi connectivity index (χ1) is 30.7. The largest absolute Gasteiger partial charge is 0.310 e. The van der Waals surface area contributed by atoms with Crippen molar-refractivity contribution in [3.8, 4) is 33.4 Å². The molecule has 0 aliphatic carbocycles. The van der Waals surface area contributed by atoms with Crippen molar-refractivity contribution in [1.29, 1.82) is 0 Å². The second kappa shape index (κ2) is 16.1. The molecule has 0 amide bonds. The highest BCUT2D eigenvalue weighted by Gasteiger charge is 2.18. The highest BCUT2D eigenvalue weighted by molar-refractivity contribution is 6.06. The van der Waals surface area contributed by atoms with Crippen LogP contribution in [-0.4, -0.2) is 0 Å². The van der Waals surface area contributed by atoms with Gasteiger partial charge in [0.2, 0.25) is 0 Å². The van der Waals surface area contributed by atoms with Crippen LogP contribution in [-0.2, 0) is 0 Å². The van der Waals surface area contributed by atoms with E-state index in [0.29, 0.717) is 0 Å². The lowest BCUT2D eigenvalue weighted by Crippen LogP contribution is -2.12. The van der Waals surface area contributed by atoms with Gasteiger partial charge >= 0.3 is 0 Å². The second-order valence-electron chi connectivity index (χ2n) is 15.8. The van der Waals surface area contributed by atoms with Gasteiger partial charge in [-0.1, -0.05) is 176 Å². The number of nitrogens with zero attached hydrogens (tertiary/aromatic N) is 2. The Hall–Kier alpha value is -8.20. The van der Waals surface area contributed by atoms with Crippen LogP contribution in [0, 0.1) is 0 Å². The van der Waals surface area contributed by atoms with Crippen LogP contribution < -0.4 is 9.80 Å². The standard InChI is InChI=1S/C60H42N2/c1-3-14-43(15-4-1)49-20-13-23-55(41-49)61(51-21-5-2-6-22-51)53-34-36-54(37-35-53)62(56-33-28-45-17-8-10-19-48(45)42-56)52-31-29-46(30-32-52)57-38-39-58(60-25-12-11-24-59(57)60)50-27-26-44-16-7-9-18-47(44)40-50/h1-42H. The molecule has 11 rings (SSSR count). The fourth-order valence-electron chi connectivity index (χ4n) is 8.94. The maximum atomic E-state index is 2.36. The minimum atomic E-state index is 1.08. The van der Waals surface area contributed by atoms with Gasteiger partial charge in [-0.15, -0.1) is 0 Å². The number of rotatable bonds is 9. The first-order valence-corrected chi connectivity index (χ1v) is 21.2. The molecule has 62 heavy (non-hydrogen) atoms. The zero-order valence-electron chi connectivity index (χ0n) is 34.1. The van der Waals surface area contributed by atoms with E-state index in [-0.39, 0.29) is 0 Å². The molecule has 11 aromatic rings. The van der Waals surface area contributed by atoms with Crippen molar-refractivity contribution in [2.24, 2.45) is 0 Å². The summed E-state index contributed by atoms with van der Waals surface area (Å²) < 4.78 is 0. The fraction of sp³-hybridized carbons (Fsp3) is 0. The normalized spacial score (nSPS) is 11.2. The van der Waals surface area contributed by atoms with Gasteiger partial charge in [0, 0.05) is 34.1 Å². The molecule has 0 fully saturated rings. The predicted octanol–water partition coefficient (Wildman–Crippen LogP) is 17.1. The Morgan fingerprint density at radius 1 is 0.194 bits per heavy atom. The number of fused-ring (bicyclic) bond motifs is 3. The van der Waals surface area contributed by atoms with E-state index < -0.39 is 0 Å². The van der Waals surface area contributed by atoms with E-state index in [2.05, 4.69) is 265 Å². The lowest BCUT2D eigenvalue weighted by atomic mass is 9.91. The highest BCUT2D eigenvalue weighted by atomic mass is 15.2. The third-order valence-electron chi connectivity index (χ3n) is 12.0. The molecule has 0 saturated carbocycles. The van der Waals surface area contributed by atoms with Gasteiger partial charge in [-0.3, -0.25) is 0 Å². The van der Waals surface area contributed by atoms with Gasteiger partial charge in [-0.05, 0) is 145 Å². The van der Waals surface area contributed by atoms with Crippen molar-refractivity contribution >= 4 is 66.4 Å². The van der Waals surface area contributed by atoms with E-state index in [9.17, 15) is 0 Å². The van der Waals surface area contributed by atoms with Gasteiger partial charge in [0.1, 0.15) is 0 Å². The summed E-state index contributed by atoms with van der Waals surface area (Å²) in [5.41, 5.74) is 13.8. The van der Waals surface area contributed by atoms with Gasteiger partial charge in [-0.25, -0.2) is 0 Å². The molecular weight excluding hydrogens is 749 g/mol. The third-order valence-corrected chi connectivity index (χ3v) is 12.0. The highest BCUT2D eigenvalue weighted by Crippen LogP contribution is 2.42. The number of anilines is 6. The summed E-state index contributed by atoms with van der Waals surface area (Å²) in [6, 6.07) is 92.1. The molecule has 0 atom stereocenters. The molecule has 0 radical (unpaired) electrons. The second-order valence-corrected chi connectivity index (χ2v) is 15.8. The summed E-state index contributed by atoms with van der Waals surface area (Å²) in [5, 5.41) is 7.42. The molecule has 2 heteroatoms. The van der Waals surface area contributed by atoms with Crippen LogP contribution in [0.15, 0.2) is 255 Å². The Kier molecular flexibility index (Phi) is 9.57. The summed E-state index contributed by atoms with van der Waals surface area (Å²) >= 11 is 0. The molecule has 0 heterocycles. The molecule has 0 saturated heterocycles. The molecule has 0 unspecified atom stereocenters. The third kappa shape index (κ3) is 7.04. The minimum Gasteiger partial charge on any atom is -0.310 e. The molecule has 0 aliphatic rings. The first-order valence-electron chi connectivity index (χ1n) is 21.2. The van der Waals surface area contributed by atoms with Crippen LogP contribution in [0.3, 0.4) is 0 Å². The van der Waals surface area contributed by atoms with E-state index in [0.717, 1.165) is 34.1 Å². The molecule has 0 aromatic heterocycles. The topological polar surface area (TPSA) is 6.48 Å². The zero-order valence-corrected chi connectivity index (χ0v) is 34.1. The Morgan fingerprint density at radius 2 is 0.597 bits per heavy atom. The van der Waals surface area contributed by atoms with E-state index in [1.54, 1.807) is 0 Å². The molecule has 0 spiro atoms. The van der Waals surface area contributed by atoms with E-state index in [1.165, 1.54) is 65.7 Å². The molecule has 0 bridgehead atoms. The maximum absolute atomic E-state index is 2.36. The lowest BCUT2D eigenvalue weighted by molar-refractivity contribution is 1.26. The van der Waals surface area contributed by atoms with Crippen molar-refractivity contribution in [3.63, 3.8) is 0 Å². The number of hydrogen-bond acceptors (Lipinski definition) is 2. The summed E-state index contributed by atoms with van der Waals surface area (Å²) in [6.07, 6.45) is 0. The minimum absolute atomic E-state index is 1.08. The molecule has 0 aliphatic heterocycles. The van der Waals surface area contributed by atoms with Gasteiger partial charge in [-0.2, -0.15) is 0 Å². The van der Waals surface area contributed by atoms with Crippen molar-refractivity contribution < 1.29 is 0 Å². The molecule has 292 valence electrons. The average Bonchev–Trinajstić information content (AvgIpc) is 3.35. The Labute approximate surface area is 362 Å². The monoisotopic (exact) mass is 790 g/mol. The quantitative estimate of drug-likeness (QED) is 0.144. The van der Waals surface area contributed by atoms with Crippen LogP contribution in [0.4, 0.5) is 34.1 Å². The Morgan fingerprint density at radius 3 is 1.23 bits per heavy atom. The molecular formula is C60H42N2. The van der Waals surface area contributed by atoms with E-state index in [4.69, 9.17) is 0 Å². The van der Waals surface area contributed by atoms with E-state index >= 15 is 0 Å². The van der Waals surface area contributed by atoms with Crippen LogP contribution in [0.5, 0.6) is 0 Å². The van der Waals surface area contributed by atoms with Crippen molar-refractivity contribution in [1.82, 2.24) is 0 Å². The molecule has 2 nitrogen and oxygen atoms in total. The Bertz CT molecular complexity index is 3340. The van der Waals surface area contributed by atoms with Crippen LogP contribution >= 0.6 is 0 Å². The van der Waals surface area contributed by atoms with Crippen molar-refractivity contribution in [3.05, 3.63) is 255 Å². The zero-order chi connectivity index (χ0) is 41.2. The number of para-hydroxylation sites is 1. The fourth-order valence-corrected chi connectivity index (χ4v) is 8.94. The summed E-state index contributed by atoms with van der Waals surface area (Å²) in [4.78, 5) is 4.70.